The second-order valence-corrected chi connectivity index (χ2v) is 4.16. The van der Waals surface area contributed by atoms with Crippen molar-refractivity contribution in [3.8, 4) is 0 Å². The molecule has 17 heavy (non-hydrogen) atoms. The fraction of sp³-hybridized carbons (Fsp3) is 0.455. The van der Waals surface area contributed by atoms with E-state index in [1.54, 1.807) is 0 Å². The largest absolute Gasteiger partial charge is 0.478 e. The number of carboxylic acids is 1. The maximum absolute atomic E-state index is 10.9. The van der Waals surface area contributed by atoms with Gasteiger partial charge in [0.2, 0.25) is 0 Å². The van der Waals surface area contributed by atoms with E-state index in [-0.39, 0.29) is 11.3 Å². The van der Waals surface area contributed by atoms with Crippen LogP contribution in [-0.4, -0.2) is 47.6 Å². The first-order chi connectivity index (χ1) is 7.91. The predicted octanol–water partition coefficient (Wildman–Crippen LogP) is 0.724. The van der Waals surface area contributed by atoms with Crippen LogP contribution in [0.5, 0.6) is 0 Å². The van der Waals surface area contributed by atoms with E-state index in [2.05, 4.69) is 22.1 Å². The van der Waals surface area contributed by atoms with E-state index in [0.29, 0.717) is 18.4 Å². The summed E-state index contributed by atoms with van der Waals surface area (Å²) < 4.78 is 0. The van der Waals surface area contributed by atoms with E-state index in [9.17, 15) is 4.79 Å². The molecule has 0 radical (unpaired) electrons. The third-order valence-electron chi connectivity index (χ3n) is 2.63. The maximum atomic E-state index is 10.9. The van der Waals surface area contributed by atoms with E-state index in [0.717, 1.165) is 0 Å². The molecule has 1 aromatic rings. The third kappa shape index (κ3) is 3.60. The monoisotopic (exact) mass is 238 g/mol. The van der Waals surface area contributed by atoms with Crippen LogP contribution in [0.1, 0.15) is 17.3 Å². The second kappa shape index (κ2) is 5.49. The highest BCUT2D eigenvalue weighted by molar-refractivity contribution is 5.94. The molecular formula is C11H18N4O2. The summed E-state index contributed by atoms with van der Waals surface area (Å²) in [4.78, 5) is 17.0. The highest BCUT2D eigenvalue weighted by Gasteiger charge is 2.10. The lowest BCUT2D eigenvalue weighted by molar-refractivity contribution is 0.0698. The standard InChI is InChI=1S/C11H18N4O2/c1-7(15(2)3)5-13-10-4-8(11(16)17)9(12)6-14-10/h4,6-7H,5,12H2,1-3H3,(H,13,14)(H,16,17). The Morgan fingerprint density at radius 3 is 2.82 bits per heavy atom. The van der Waals surface area contributed by atoms with Crippen molar-refractivity contribution >= 4 is 17.5 Å². The Balaban J connectivity index is 2.73. The zero-order valence-corrected chi connectivity index (χ0v) is 10.3. The van der Waals surface area contributed by atoms with Crippen LogP contribution in [0.3, 0.4) is 0 Å². The van der Waals surface area contributed by atoms with Crippen molar-refractivity contribution in [3.63, 3.8) is 0 Å². The van der Waals surface area contributed by atoms with Crippen LogP contribution in [0.25, 0.3) is 0 Å². The number of pyridine rings is 1. The van der Waals surface area contributed by atoms with Gasteiger partial charge in [-0.25, -0.2) is 9.78 Å². The first kappa shape index (κ1) is 13.2. The molecule has 1 unspecified atom stereocenters. The van der Waals surface area contributed by atoms with Crippen LogP contribution >= 0.6 is 0 Å². The molecule has 1 atom stereocenters. The van der Waals surface area contributed by atoms with Gasteiger partial charge in [0.1, 0.15) is 5.82 Å². The summed E-state index contributed by atoms with van der Waals surface area (Å²) in [5, 5.41) is 12.0. The lowest BCUT2D eigenvalue weighted by Crippen LogP contribution is -2.31. The van der Waals surface area contributed by atoms with Crippen LogP contribution < -0.4 is 11.1 Å². The number of nitrogens with zero attached hydrogens (tertiary/aromatic N) is 2. The fourth-order valence-corrected chi connectivity index (χ4v) is 1.18. The van der Waals surface area contributed by atoms with Gasteiger partial charge in [-0.15, -0.1) is 0 Å². The van der Waals surface area contributed by atoms with Gasteiger partial charge in [-0.3, -0.25) is 0 Å². The van der Waals surface area contributed by atoms with Gasteiger partial charge in [-0.2, -0.15) is 0 Å². The molecule has 1 rings (SSSR count). The Morgan fingerprint density at radius 1 is 1.65 bits per heavy atom. The molecule has 0 aromatic carbocycles. The van der Waals surface area contributed by atoms with Crippen molar-refractivity contribution in [1.82, 2.24) is 9.88 Å². The number of nitrogens with one attached hydrogen (secondary N) is 1. The van der Waals surface area contributed by atoms with E-state index in [4.69, 9.17) is 10.8 Å². The predicted molar refractivity (Wildman–Crippen MR) is 67.2 cm³/mol. The number of rotatable bonds is 5. The number of carbonyl (C=O) groups is 1. The summed E-state index contributed by atoms with van der Waals surface area (Å²) in [6, 6.07) is 1.77. The van der Waals surface area contributed by atoms with Crippen LogP contribution in [0, 0.1) is 0 Å². The van der Waals surface area contributed by atoms with E-state index in [1.165, 1.54) is 12.3 Å². The molecule has 1 aromatic heterocycles. The molecule has 0 spiro atoms. The molecular weight excluding hydrogens is 220 g/mol. The number of hydrogen-bond donors (Lipinski definition) is 3. The number of aromatic carboxylic acids is 1. The third-order valence-corrected chi connectivity index (χ3v) is 2.63. The zero-order chi connectivity index (χ0) is 13.0. The Labute approximate surface area is 100 Å². The summed E-state index contributed by atoms with van der Waals surface area (Å²) in [5.74, 6) is -0.529. The van der Waals surface area contributed by atoms with Gasteiger partial charge in [0.15, 0.2) is 0 Å². The smallest absolute Gasteiger partial charge is 0.337 e. The average Bonchev–Trinajstić information content (AvgIpc) is 2.26. The minimum absolute atomic E-state index is 0.0695. The number of anilines is 2. The molecule has 0 saturated carbocycles. The van der Waals surface area contributed by atoms with Crippen molar-refractivity contribution in [2.24, 2.45) is 0 Å². The number of nitrogen functional groups attached to an aromatic ring is 1. The van der Waals surface area contributed by atoms with Gasteiger partial charge in [0.25, 0.3) is 0 Å². The molecule has 6 heteroatoms. The molecule has 0 amide bonds. The minimum atomic E-state index is -1.05. The molecule has 4 N–H and O–H groups in total. The van der Waals surface area contributed by atoms with E-state index in [1.807, 2.05) is 14.1 Å². The van der Waals surface area contributed by atoms with Crippen molar-refractivity contribution < 1.29 is 9.90 Å². The van der Waals surface area contributed by atoms with Crippen molar-refractivity contribution in [2.45, 2.75) is 13.0 Å². The summed E-state index contributed by atoms with van der Waals surface area (Å²) in [6.45, 7) is 2.74. The SMILES string of the molecule is CC(CNc1cc(C(=O)O)c(N)cn1)N(C)C. The molecule has 0 aliphatic heterocycles. The number of hydrogen-bond acceptors (Lipinski definition) is 5. The summed E-state index contributed by atoms with van der Waals surface area (Å²) >= 11 is 0. The van der Waals surface area contributed by atoms with Crippen molar-refractivity contribution in [3.05, 3.63) is 17.8 Å². The van der Waals surface area contributed by atoms with Crippen molar-refractivity contribution in [1.29, 1.82) is 0 Å². The number of likely N-dealkylation sites (N-methyl/N-ethyl adjacent to an activating group) is 1. The molecule has 0 saturated heterocycles. The first-order valence-electron chi connectivity index (χ1n) is 5.31. The van der Waals surface area contributed by atoms with Crippen molar-refractivity contribution in [2.75, 3.05) is 31.7 Å². The molecule has 0 aliphatic rings. The average molecular weight is 238 g/mol. The quantitative estimate of drug-likeness (QED) is 0.700. The molecule has 0 bridgehead atoms. The van der Waals surface area contributed by atoms with Gasteiger partial charge in [-0.1, -0.05) is 0 Å². The lowest BCUT2D eigenvalue weighted by Gasteiger charge is -2.20. The van der Waals surface area contributed by atoms with Gasteiger partial charge in [0, 0.05) is 12.6 Å². The molecule has 1 heterocycles. The normalized spacial score (nSPS) is 12.5. The Hall–Kier alpha value is -1.82. The molecule has 94 valence electrons. The van der Waals surface area contributed by atoms with Gasteiger partial charge in [0.05, 0.1) is 17.4 Å². The van der Waals surface area contributed by atoms with Crippen LogP contribution in [0.15, 0.2) is 12.3 Å². The summed E-state index contributed by atoms with van der Waals surface area (Å²) in [7, 11) is 3.96. The van der Waals surface area contributed by atoms with Gasteiger partial charge >= 0.3 is 5.97 Å². The topological polar surface area (TPSA) is 91.5 Å². The summed E-state index contributed by atoms with van der Waals surface area (Å²) in [5.41, 5.74) is 5.75. The molecule has 0 fully saturated rings. The van der Waals surface area contributed by atoms with Gasteiger partial charge in [-0.05, 0) is 27.1 Å². The minimum Gasteiger partial charge on any atom is -0.478 e. The van der Waals surface area contributed by atoms with Crippen LogP contribution in [0.4, 0.5) is 11.5 Å². The number of nitrogens with two attached hydrogens (primary N) is 1. The molecule has 6 nitrogen and oxygen atoms in total. The van der Waals surface area contributed by atoms with Crippen LogP contribution in [-0.2, 0) is 0 Å². The van der Waals surface area contributed by atoms with Crippen LogP contribution in [0.2, 0.25) is 0 Å². The highest BCUT2D eigenvalue weighted by atomic mass is 16.4. The maximum Gasteiger partial charge on any atom is 0.337 e. The fourth-order valence-electron chi connectivity index (χ4n) is 1.18. The summed E-state index contributed by atoms with van der Waals surface area (Å²) in [6.07, 6.45) is 1.35. The Bertz CT molecular complexity index is 406. The Kier molecular flexibility index (Phi) is 4.28. The van der Waals surface area contributed by atoms with E-state index >= 15 is 0 Å². The number of carboxylic acid groups (broad SMARTS) is 1. The Morgan fingerprint density at radius 2 is 2.29 bits per heavy atom. The second-order valence-electron chi connectivity index (χ2n) is 4.16. The zero-order valence-electron chi connectivity index (χ0n) is 10.3. The molecule has 0 aliphatic carbocycles. The number of aromatic nitrogens is 1. The van der Waals surface area contributed by atoms with Gasteiger partial charge < -0.3 is 21.1 Å². The van der Waals surface area contributed by atoms with E-state index < -0.39 is 5.97 Å². The lowest BCUT2D eigenvalue weighted by atomic mass is 10.2. The first-order valence-corrected chi connectivity index (χ1v) is 5.31. The highest BCUT2D eigenvalue weighted by Crippen LogP contribution is 2.14.